The molecule has 544 valence electrons. The molecule has 16 atom stereocenters. The number of nitrogens with one attached hydrogen (secondary N) is 15. The van der Waals surface area contributed by atoms with Gasteiger partial charge in [-0.1, -0.05) is 75.6 Å². The Balaban J connectivity index is 1.92. The molecule has 0 unspecified atom stereocenters. The predicted molar refractivity (Wildman–Crippen MR) is 356 cm³/mol. The van der Waals surface area contributed by atoms with Crippen LogP contribution in [0.5, 0.6) is 5.75 Å². The summed E-state index contributed by atoms with van der Waals surface area (Å²) in [5.41, 5.74) is 0.383. The highest BCUT2D eigenvalue weighted by atomic mass is 33.1. The molecule has 0 radical (unpaired) electrons. The maximum atomic E-state index is 14.7. The van der Waals surface area contributed by atoms with E-state index in [0.717, 1.165) is 35.4 Å². The number of carbonyl (C=O) groups is 16. The van der Waals surface area contributed by atoms with Gasteiger partial charge < -0.3 is 105 Å². The number of aromatic hydroxyl groups is 1. The third-order valence-electron chi connectivity index (χ3n) is 15.3. The van der Waals surface area contributed by atoms with Gasteiger partial charge in [0.15, 0.2) is 0 Å². The second-order valence-electron chi connectivity index (χ2n) is 23.4. The normalized spacial score (nSPS) is 27.6. The van der Waals surface area contributed by atoms with Gasteiger partial charge in [-0.3, -0.25) is 71.9 Å². The van der Waals surface area contributed by atoms with Crippen molar-refractivity contribution in [1.82, 2.24) is 79.8 Å². The molecule has 4 heterocycles. The number of phenols is 1. The van der Waals surface area contributed by atoms with Crippen molar-refractivity contribution in [3.8, 4) is 5.75 Å². The Hall–Kier alpha value is -8.18. The number of aliphatic carboxylic acids is 2. The maximum absolute atomic E-state index is 14.7. The number of rotatable bonds is 16. The van der Waals surface area contributed by atoms with Crippen molar-refractivity contribution in [1.29, 1.82) is 0 Å². The van der Waals surface area contributed by atoms with Crippen LogP contribution in [0.3, 0.4) is 0 Å². The van der Waals surface area contributed by atoms with Crippen molar-refractivity contribution in [3.05, 3.63) is 29.8 Å². The molecule has 40 heteroatoms. The topological polar surface area (TPSA) is 555 Å². The minimum absolute atomic E-state index is 0.137. The van der Waals surface area contributed by atoms with E-state index < -0.39 is 240 Å². The summed E-state index contributed by atoms with van der Waals surface area (Å²) in [5.74, 6) is -20.8. The second kappa shape index (κ2) is 40.6. The third kappa shape index (κ3) is 27.3. The summed E-state index contributed by atoms with van der Waals surface area (Å²) in [6, 6.07) is -15.5. The fourth-order valence-electron chi connectivity index (χ4n) is 9.32. The number of carboxylic acids is 2. The van der Waals surface area contributed by atoms with Crippen molar-refractivity contribution >= 4 is 138 Å². The molecule has 0 saturated carbocycles. The van der Waals surface area contributed by atoms with E-state index >= 15 is 0 Å². The molecule has 1 aromatic rings. The molecule has 5 rings (SSSR count). The lowest BCUT2D eigenvalue weighted by Gasteiger charge is -2.29. The van der Waals surface area contributed by atoms with Crippen LogP contribution >= 0.6 is 43.2 Å². The van der Waals surface area contributed by atoms with Crippen molar-refractivity contribution < 1.29 is 102 Å². The predicted octanol–water partition coefficient (Wildman–Crippen LogP) is -6.66. The van der Waals surface area contributed by atoms with E-state index in [0.29, 0.717) is 46.5 Å². The molecule has 20 N–H and O–H groups in total. The highest BCUT2D eigenvalue weighted by Gasteiger charge is 2.39. The van der Waals surface area contributed by atoms with E-state index in [-0.39, 0.29) is 18.6 Å². The van der Waals surface area contributed by atoms with Crippen LogP contribution in [-0.2, 0) is 83.1 Å². The van der Waals surface area contributed by atoms with Crippen LogP contribution in [0.15, 0.2) is 24.3 Å². The van der Waals surface area contributed by atoms with Gasteiger partial charge in [0.25, 0.3) is 0 Å². The molecular formula is C58H87N15O21S4. The number of aliphatic hydroxyl groups is 2. The van der Waals surface area contributed by atoms with Gasteiger partial charge in [-0.15, -0.1) is 0 Å². The highest BCUT2D eigenvalue weighted by Crippen LogP contribution is 2.26. The lowest BCUT2D eigenvalue weighted by molar-refractivity contribution is -0.141. The number of benzene rings is 1. The van der Waals surface area contributed by atoms with Crippen molar-refractivity contribution in [2.75, 3.05) is 42.6 Å². The zero-order valence-corrected chi connectivity index (χ0v) is 57.9. The standard InChI is InChI=1S/C58H87N15O21S4/c1-8-25(2)43-56(91)69-36-21-97-98-24-39(58(93)94)65-40(77)19-61-55(90)44(29(6)74)73-54(89)38(68-48(83)27(4)62-46(81)26(3)63-51(86)35(18-31-11-13-32(76)14-12-31)67-47(82)28(5)64-52(36)87)23-96-95-22-37(53(88)66-34(50(85)72-43)15-16-42(79)80)70-57(92)45(30(7)75)71-41(78)20-60-49(84)33-10-9-17-59-33/h11-14,25-30,33-39,43-45,59,74-76H,8-10,15-24H2,1-7H3,(H,60,84)(H,61,90)(H,62,81)(H,63,86)(H,64,87)(H,65,77)(H,66,88)(H,67,82)(H,68,83)(H,69,91)(H,70,92)(H,71,78)(H,72,85)(H,73,89)(H,79,80)(H,93,94)/t25-,26-,27-,28-,29+,30+,33-,34-,35-,36-,37-,38-,39-,43-,44-,45-/m0/s1. The van der Waals surface area contributed by atoms with Crippen LogP contribution in [0.4, 0.5) is 0 Å². The average Bonchev–Trinajstić information content (AvgIpc) is 0.958. The SMILES string of the molecule is CC[C@H](C)[C@@H]1NC(=O)[C@H](CCC(=O)O)NC(=O)[C@@H](NC(=O)[C@@H](NC(=O)CNC(=O)[C@@H]2CCCN2)[C@@H](C)O)CSSC[C@@H]2NC(=O)[C@H](C)NC(=O)[C@H](C)NC(=O)[C@H](Cc3ccc(O)cc3)NC(=O)[C@H](C)NC(=O)[C@H](CSSC[C@@H](C(=O)O)NC(=O)CNC(=O)[C@H]([C@@H](C)O)NC2=O)NC1=O. The molecule has 4 aliphatic rings. The van der Waals surface area contributed by atoms with Gasteiger partial charge in [-0.05, 0) is 84.0 Å². The van der Waals surface area contributed by atoms with Gasteiger partial charge in [0.1, 0.15) is 78.3 Å². The monoisotopic (exact) mass is 1460 g/mol. The minimum atomic E-state index is -1.91. The zero-order valence-electron chi connectivity index (χ0n) is 54.6. The molecule has 14 amide bonds. The summed E-state index contributed by atoms with van der Waals surface area (Å²) < 4.78 is 0. The first-order valence-corrected chi connectivity index (χ1v) is 36.2. The first kappa shape index (κ1) is 82.2. The van der Waals surface area contributed by atoms with Gasteiger partial charge in [0, 0.05) is 35.9 Å². The Morgan fingerprint density at radius 1 is 0.592 bits per heavy atom. The lowest BCUT2D eigenvalue weighted by Crippen LogP contribution is -2.62. The Bertz CT molecular complexity index is 3060. The summed E-state index contributed by atoms with van der Waals surface area (Å²) in [7, 11) is 2.96. The average molecular weight is 1460 g/mol. The van der Waals surface area contributed by atoms with Gasteiger partial charge in [-0.2, -0.15) is 0 Å². The van der Waals surface area contributed by atoms with Gasteiger partial charge in [0.05, 0.1) is 31.3 Å². The van der Waals surface area contributed by atoms with Crippen LogP contribution in [-0.4, -0.2) is 254 Å². The molecule has 4 saturated heterocycles. The van der Waals surface area contributed by atoms with Crippen LogP contribution in [0, 0.1) is 5.92 Å². The Morgan fingerprint density at radius 2 is 1.12 bits per heavy atom. The number of phenolic OH excluding ortho intramolecular Hbond substituents is 1. The first-order chi connectivity index (χ1) is 46.2. The second-order valence-corrected chi connectivity index (χ2v) is 28.5. The van der Waals surface area contributed by atoms with E-state index in [1.54, 1.807) is 6.92 Å². The van der Waals surface area contributed by atoms with Crippen molar-refractivity contribution in [2.24, 2.45) is 5.92 Å². The summed E-state index contributed by atoms with van der Waals surface area (Å²) in [4.78, 5) is 220. The van der Waals surface area contributed by atoms with Crippen LogP contribution in [0.1, 0.15) is 86.1 Å². The van der Waals surface area contributed by atoms with Crippen LogP contribution in [0.25, 0.3) is 0 Å². The first-order valence-electron chi connectivity index (χ1n) is 31.2. The van der Waals surface area contributed by atoms with E-state index in [1.807, 2.05) is 0 Å². The molecule has 1 aromatic carbocycles. The van der Waals surface area contributed by atoms with E-state index in [9.17, 15) is 102 Å². The number of carboxylic acid groups (broad SMARTS) is 2. The largest absolute Gasteiger partial charge is 0.508 e. The molecule has 0 aliphatic carbocycles. The molecule has 2 bridgehead atoms. The number of hydrogen-bond acceptors (Lipinski definition) is 24. The Kier molecular flexibility index (Phi) is 34.1. The minimum Gasteiger partial charge on any atom is -0.508 e. The fourth-order valence-corrected chi connectivity index (χ4v) is 14.0. The van der Waals surface area contributed by atoms with Gasteiger partial charge in [-0.25, -0.2) is 4.79 Å². The molecule has 4 fully saturated rings. The highest BCUT2D eigenvalue weighted by molar-refractivity contribution is 8.77. The molecule has 0 aromatic heterocycles. The van der Waals surface area contributed by atoms with Crippen molar-refractivity contribution in [3.63, 3.8) is 0 Å². The fraction of sp³-hybridized carbons (Fsp3) is 0.621. The lowest BCUT2D eigenvalue weighted by atomic mass is 9.97. The molecule has 36 nitrogen and oxygen atoms in total. The molecule has 4 aliphatic heterocycles. The zero-order chi connectivity index (χ0) is 73.1. The number of fused-ring (bicyclic) bond motifs is 37. The third-order valence-corrected chi connectivity index (χ3v) is 20.2. The molecule has 98 heavy (non-hydrogen) atoms. The number of aliphatic hydroxyl groups excluding tert-OH is 2. The number of hydrogen-bond donors (Lipinski definition) is 20. The van der Waals surface area contributed by atoms with Crippen molar-refractivity contribution in [2.45, 2.75) is 178 Å². The smallest absolute Gasteiger partial charge is 0.327 e. The Labute approximate surface area is 578 Å². The van der Waals surface area contributed by atoms with Gasteiger partial charge in [0.2, 0.25) is 82.7 Å². The number of amides is 14. The maximum Gasteiger partial charge on any atom is 0.327 e. The summed E-state index contributed by atoms with van der Waals surface area (Å²) >= 11 is 0. The summed E-state index contributed by atoms with van der Waals surface area (Å²) in [5, 5.41) is 88.1. The molecule has 0 spiro atoms. The van der Waals surface area contributed by atoms with E-state index in [4.69, 9.17) is 0 Å². The Morgan fingerprint density at radius 3 is 1.69 bits per heavy atom. The van der Waals surface area contributed by atoms with E-state index in [1.165, 1.54) is 52.0 Å². The molecular weight excluding hydrogens is 1370 g/mol. The summed E-state index contributed by atoms with van der Waals surface area (Å²) in [6.45, 7) is 7.91. The van der Waals surface area contributed by atoms with E-state index in [2.05, 4.69) is 79.8 Å². The van der Waals surface area contributed by atoms with Crippen LogP contribution < -0.4 is 79.8 Å². The van der Waals surface area contributed by atoms with Crippen LogP contribution in [0.2, 0.25) is 0 Å². The van der Waals surface area contributed by atoms with Gasteiger partial charge >= 0.3 is 11.9 Å². The summed E-state index contributed by atoms with van der Waals surface area (Å²) in [6.07, 6.45) is -3.87. The number of carbonyl (C=O) groups excluding carboxylic acids is 14. The quantitative estimate of drug-likeness (QED) is 0.0540.